The molecular weight excluding hydrogens is 220 g/mol. The van der Waals surface area contributed by atoms with Crippen LogP contribution in [0.2, 0.25) is 0 Å². The Bertz CT molecular complexity index is 511. The molecule has 0 aliphatic rings. The van der Waals surface area contributed by atoms with Crippen molar-refractivity contribution in [3.05, 3.63) is 36.0 Å². The third-order valence-electron chi connectivity index (χ3n) is 3.43. The number of rotatable bonds is 5. The van der Waals surface area contributed by atoms with Gasteiger partial charge in [-0.3, -0.25) is 0 Å². The molecule has 1 aromatic carbocycles. The second-order valence-corrected chi connectivity index (χ2v) is 5.65. The van der Waals surface area contributed by atoms with E-state index >= 15 is 0 Å². The van der Waals surface area contributed by atoms with Crippen LogP contribution in [0.25, 0.3) is 10.9 Å². The molecule has 0 radical (unpaired) electrons. The van der Waals surface area contributed by atoms with Crippen molar-refractivity contribution >= 4 is 10.9 Å². The Hall–Kier alpha value is -1.28. The van der Waals surface area contributed by atoms with E-state index in [1.54, 1.807) is 0 Å². The molecule has 1 atom stereocenters. The van der Waals surface area contributed by atoms with Crippen molar-refractivity contribution in [3.8, 4) is 0 Å². The third-order valence-corrected chi connectivity index (χ3v) is 3.43. The first-order chi connectivity index (χ1) is 8.60. The van der Waals surface area contributed by atoms with E-state index in [2.05, 4.69) is 61.1 Å². The van der Waals surface area contributed by atoms with Crippen LogP contribution in [0.5, 0.6) is 0 Å². The van der Waals surface area contributed by atoms with Gasteiger partial charge in [-0.25, -0.2) is 0 Å². The predicted molar refractivity (Wildman–Crippen MR) is 79.0 cm³/mol. The SMILES string of the molecule is CNC(C)Cc1ccc2c(ccn2CC(C)C)c1. The molecule has 1 N–H and O–H groups in total. The highest BCUT2D eigenvalue weighted by atomic mass is 15.0. The zero-order chi connectivity index (χ0) is 13.1. The molecule has 0 aliphatic heterocycles. The molecule has 98 valence electrons. The fourth-order valence-corrected chi connectivity index (χ4v) is 2.38. The lowest BCUT2D eigenvalue weighted by atomic mass is 10.1. The zero-order valence-electron chi connectivity index (χ0n) is 11.9. The average molecular weight is 244 g/mol. The van der Waals surface area contributed by atoms with E-state index in [4.69, 9.17) is 0 Å². The normalized spacial score (nSPS) is 13.4. The van der Waals surface area contributed by atoms with Gasteiger partial charge in [-0.1, -0.05) is 19.9 Å². The Morgan fingerprint density at radius 3 is 2.61 bits per heavy atom. The summed E-state index contributed by atoms with van der Waals surface area (Å²) in [7, 11) is 2.02. The van der Waals surface area contributed by atoms with Gasteiger partial charge in [0.25, 0.3) is 0 Å². The van der Waals surface area contributed by atoms with Gasteiger partial charge in [0.05, 0.1) is 0 Å². The maximum absolute atomic E-state index is 3.29. The molecule has 0 aliphatic carbocycles. The average Bonchev–Trinajstić information content (AvgIpc) is 2.71. The highest BCUT2D eigenvalue weighted by Gasteiger charge is 2.05. The highest BCUT2D eigenvalue weighted by molar-refractivity contribution is 5.80. The summed E-state index contributed by atoms with van der Waals surface area (Å²) in [4.78, 5) is 0. The minimum atomic E-state index is 0.528. The van der Waals surface area contributed by atoms with E-state index in [1.165, 1.54) is 16.5 Å². The van der Waals surface area contributed by atoms with E-state index in [1.807, 2.05) is 7.05 Å². The molecule has 0 spiro atoms. The maximum atomic E-state index is 3.29. The van der Waals surface area contributed by atoms with Crippen molar-refractivity contribution in [1.82, 2.24) is 9.88 Å². The molecule has 0 saturated heterocycles. The van der Waals surface area contributed by atoms with E-state index < -0.39 is 0 Å². The van der Waals surface area contributed by atoms with Crippen LogP contribution in [0.15, 0.2) is 30.5 Å². The van der Waals surface area contributed by atoms with Gasteiger partial charge in [-0.2, -0.15) is 0 Å². The van der Waals surface area contributed by atoms with E-state index in [9.17, 15) is 0 Å². The minimum absolute atomic E-state index is 0.528. The lowest BCUT2D eigenvalue weighted by Crippen LogP contribution is -2.23. The Kier molecular flexibility index (Phi) is 4.07. The minimum Gasteiger partial charge on any atom is -0.347 e. The topological polar surface area (TPSA) is 17.0 Å². The summed E-state index contributed by atoms with van der Waals surface area (Å²) < 4.78 is 2.35. The Balaban J connectivity index is 2.25. The molecular formula is C16H24N2. The van der Waals surface area contributed by atoms with Crippen molar-refractivity contribution in [1.29, 1.82) is 0 Å². The number of hydrogen-bond donors (Lipinski definition) is 1. The van der Waals surface area contributed by atoms with Crippen molar-refractivity contribution in [2.75, 3.05) is 7.05 Å². The molecule has 1 heterocycles. The molecule has 1 unspecified atom stereocenters. The van der Waals surface area contributed by atoms with Crippen LogP contribution in [0.1, 0.15) is 26.3 Å². The molecule has 2 rings (SSSR count). The maximum Gasteiger partial charge on any atom is 0.0480 e. The third kappa shape index (κ3) is 2.94. The molecule has 2 nitrogen and oxygen atoms in total. The van der Waals surface area contributed by atoms with E-state index in [-0.39, 0.29) is 0 Å². The predicted octanol–water partition coefficient (Wildman–Crippen LogP) is 3.45. The quantitative estimate of drug-likeness (QED) is 0.852. The largest absolute Gasteiger partial charge is 0.347 e. The molecule has 0 bridgehead atoms. The first kappa shape index (κ1) is 13.2. The van der Waals surface area contributed by atoms with E-state index in [0.29, 0.717) is 12.0 Å². The lowest BCUT2D eigenvalue weighted by molar-refractivity contribution is 0.535. The van der Waals surface area contributed by atoms with Crippen LogP contribution in [-0.4, -0.2) is 17.7 Å². The van der Waals surface area contributed by atoms with Crippen molar-refractivity contribution in [2.24, 2.45) is 5.92 Å². The van der Waals surface area contributed by atoms with E-state index in [0.717, 1.165) is 13.0 Å². The van der Waals surface area contributed by atoms with Crippen molar-refractivity contribution in [3.63, 3.8) is 0 Å². The van der Waals surface area contributed by atoms with Gasteiger partial charge >= 0.3 is 0 Å². The number of likely N-dealkylation sites (N-methyl/N-ethyl adjacent to an activating group) is 1. The van der Waals surface area contributed by atoms with Crippen LogP contribution in [0.4, 0.5) is 0 Å². The first-order valence-electron chi connectivity index (χ1n) is 6.85. The second kappa shape index (κ2) is 5.57. The Labute approximate surface area is 110 Å². The van der Waals surface area contributed by atoms with Gasteiger partial charge in [0.2, 0.25) is 0 Å². The van der Waals surface area contributed by atoms with Crippen LogP contribution in [0, 0.1) is 5.92 Å². The van der Waals surface area contributed by atoms with Gasteiger partial charge in [-0.05, 0) is 55.5 Å². The van der Waals surface area contributed by atoms with Crippen LogP contribution in [-0.2, 0) is 13.0 Å². The molecule has 0 amide bonds. The number of fused-ring (bicyclic) bond motifs is 1. The molecule has 1 aromatic heterocycles. The molecule has 0 saturated carbocycles. The van der Waals surface area contributed by atoms with Gasteiger partial charge in [-0.15, -0.1) is 0 Å². The van der Waals surface area contributed by atoms with Gasteiger partial charge < -0.3 is 9.88 Å². The Morgan fingerprint density at radius 2 is 1.94 bits per heavy atom. The first-order valence-corrected chi connectivity index (χ1v) is 6.85. The molecule has 18 heavy (non-hydrogen) atoms. The summed E-state index contributed by atoms with van der Waals surface area (Å²) in [6.07, 6.45) is 3.29. The number of hydrogen-bond acceptors (Lipinski definition) is 1. The summed E-state index contributed by atoms with van der Waals surface area (Å²) >= 11 is 0. The van der Waals surface area contributed by atoms with Crippen molar-refractivity contribution < 1.29 is 0 Å². The highest BCUT2D eigenvalue weighted by Crippen LogP contribution is 2.19. The summed E-state index contributed by atoms with van der Waals surface area (Å²) in [5.41, 5.74) is 2.76. The standard InChI is InChI=1S/C16H24N2/c1-12(2)11-18-8-7-15-10-14(5-6-16(15)18)9-13(3)17-4/h5-8,10,12-13,17H,9,11H2,1-4H3. The van der Waals surface area contributed by atoms with Crippen LogP contribution >= 0.6 is 0 Å². The fraction of sp³-hybridized carbons (Fsp3) is 0.500. The summed E-state index contributed by atoms with van der Waals surface area (Å²) in [5.74, 6) is 0.685. The van der Waals surface area contributed by atoms with Gasteiger partial charge in [0.15, 0.2) is 0 Å². The summed E-state index contributed by atoms with van der Waals surface area (Å²) in [5, 5.41) is 4.65. The second-order valence-electron chi connectivity index (χ2n) is 5.65. The van der Waals surface area contributed by atoms with Crippen molar-refractivity contribution in [2.45, 2.75) is 39.8 Å². The molecule has 0 fully saturated rings. The number of nitrogens with zero attached hydrogens (tertiary/aromatic N) is 1. The van der Waals surface area contributed by atoms with Gasteiger partial charge in [0.1, 0.15) is 0 Å². The Morgan fingerprint density at radius 1 is 1.17 bits per heavy atom. The summed E-state index contributed by atoms with van der Waals surface area (Å²) in [6.45, 7) is 7.83. The lowest BCUT2D eigenvalue weighted by Gasteiger charge is -2.11. The monoisotopic (exact) mass is 244 g/mol. The molecule has 2 heteroatoms. The zero-order valence-corrected chi connectivity index (χ0v) is 11.9. The summed E-state index contributed by atoms with van der Waals surface area (Å²) in [6, 6.07) is 9.59. The number of benzene rings is 1. The number of aromatic nitrogens is 1. The van der Waals surface area contributed by atoms with Crippen LogP contribution < -0.4 is 5.32 Å². The van der Waals surface area contributed by atoms with Crippen LogP contribution in [0.3, 0.4) is 0 Å². The van der Waals surface area contributed by atoms with Gasteiger partial charge in [0, 0.05) is 24.3 Å². The smallest absolute Gasteiger partial charge is 0.0480 e. The fourth-order valence-electron chi connectivity index (χ4n) is 2.38. The number of nitrogens with one attached hydrogen (secondary N) is 1. The molecule has 2 aromatic rings.